The van der Waals surface area contributed by atoms with E-state index in [9.17, 15) is 0 Å². The molecule has 1 saturated carbocycles. The van der Waals surface area contributed by atoms with Crippen molar-refractivity contribution < 1.29 is 4.74 Å². The molecule has 0 amide bonds. The zero-order chi connectivity index (χ0) is 13.2. The smallest absolute Gasteiger partial charge is 0.135 e. The third kappa shape index (κ3) is 3.00. The van der Waals surface area contributed by atoms with E-state index in [-0.39, 0.29) is 0 Å². The molecule has 1 fully saturated rings. The summed E-state index contributed by atoms with van der Waals surface area (Å²) in [7, 11) is 1.70. The molecule has 0 aliphatic heterocycles. The Balaban J connectivity index is 2.13. The molecule has 1 unspecified atom stereocenters. The van der Waals surface area contributed by atoms with Gasteiger partial charge in [0.15, 0.2) is 0 Å². The summed E-state index contributed by atoms with van der Waals surface area (Å²) in [5.41, 5.74) is 1.52. The number of hydrogen-bond acceptors (Lipinski definition) is 2. The molecular formula is C15H22BrNO. The third-order valence-electron chi connectivity index (χ3n) is 4.00. The maximum absolute atomic E-state index is 5.34. The Labute approximate surface area is 118 Å². The van der Waals surface area contributed by atoms with Crippen molar-refractivity contribution in [3.63, 3.8) is 0 Å². The van der Waals surface area contributed by atoms with E-state index in [0.29, 0.717) is 11.5 Å². The lowest BCUT2D eigenvalue weighted by molar-refractivity contribution is 0.217. The highest BCUT2D eigenvalue weighted by molar-refractivity contribution is 9.10. The van der Waals surface area contributed by atoms with Crippen LogP contribution in [0.4, 0.5) is 5.69 Å². The van der Waals surface area contributed by atoms with Crippen LogP contribution >= 0.6 is 15.9 Å². The predicted molar refractivity (Wildman–Crippen MR) is 80.4 cm³/mol. The van der Waals surface area contributed by atoms with E-state index in [1.165, 1.54) is 25.7 Å². The lowest BCUT2D eigenvalue weighted by atomic mass is 9.73. The Kier molecular flexibility index (Phi) is 4.21. The third-order valence-corrected chi connectivity index (χ3v) is 4.65. The van der Waals surface area contributed by atoms with Crippen molar-refractivity contribution >= 4 is 21.6 Å². The van der Waals surface area contributed by atoms with Gasteiger partial charge in [0.2, 0.25) is 0 Å². The Morgan fingerprint density at radius 1 is 1.33 bits per heavy atom. The second-order valence-corrected chi connectivity index (χ2v) is 6.63. The van der Waals surface area contributed by atoms with Gasteiger partial charge in [-0.1, -0.05) is 26.7 Å². The maximum Gasteiger partial charge on any atom is 0.135 e. The molecule has 0 radical (unpaired) electrons. The Bertz CT molecular complexity index is 417. The van der Waals surface area contributed by atoms with E-state index in [2.05, 4.69) is 47.2 Å². The molecule has 1 aromatic rings. The molecule has 3 heteroatoms. The van der Waals surface area contributed by atoms with Crippen LogP contribution in [0.5, 0.6) is 5.75 Å². The number of hydrogen-bond donors (Lipinski definition) is 1. The lowest BCUT2D eigenvalue weighted by Crippen LogP contribution is -2.38. The molecule has 0 aromatic heterocycles. The van der Waals surface area contributed by atoms with E-state index in [4.69, 9.17) is 4.74 Å². The highest BCUT2D eigenvalue weighted by Gasteiger charge is 2.31. The van der Waals surface area contributed by atoms with Crippen LogP contribution in [-0.4, -0.2) is 13.2 Å². The normalized spacial score (nSPS) is 22.6. The van der Waals surface area contributed by atoms with Gasteiger partial charge in [-0.3, -0.25) is 0 Å². The molecular weight excluding hydrogens is 290 g/mol. The standard InChI is InChI=1S/C15H22BrNO/c1-15(2)9-5-4-6-14(15)17-11-7-8-12(16)13(10-11)18-3/h7-8,10,14,17H,4-6,9H2,1-3H3. The average molecular weight is 312 g/mol. The van der Waals surface area contributed by atoms with Gasteiger partial charge < -0.3 is 10.1 Å². The molecule has 0 spiro atoms. The number of halogens is 1. The van der Waals surface area contributed by atoms with Gasteiger partial charge in [-0.25, -0.2) is 0 Å². The van der Waals surface area contributed by atoms with E-state index in [1.54, 1.807) is 7.11 Å². The van der Waals surface area contributed by atoms with Crippen LogP contribution in [0.25, 0.3) is 0 Å². The van der Waals surface area contributed by atoms with Crippen molar-refractivity contribution in [2.24, 2.45) is 5.41 Å². The van der Waals surface area contributed by atoms with Gasteiger partial charge in [-0.05, 0) is 46.3 Å². The molecule has 1 N–H and O–H groups in total. The molecule has 0 saturated heterocycles. The van der Waals surface area contributed by atoms with E-state index in [1.807, 2.05) is 6.07 Å². The van der Waals surface area contributed by atoms with Crippen molar-refractivity contribution in [2.75, 3.05) is 12.4 Å². The van der Waals surface area contributed by atoms with Crippen molar-refractivity contribution in [1.29, 1.82) is 0 Å². The van der Waals surface area contributed by atoms with Crippen molar-refractivity contribution in [2.45, 2.75) is 45.6 Å². The topological polar surface area (TPSA) is 21.3 Å². The first-order valence-electron chi connectivity index (χ1n) is 6.63. The van der Waals surface area contributed by atoms with Gasteiger partial charge in [0.1, 0.15) is 5.75 Å². The fraction of sp³-hybridized carbons (Fsp3) is 0.600. The first-order valence-corrected chi connectivity index (χ1v) is 7.42. The summed E-state index contributed by atoms with van der Waals surface area (Å²) in [6.45, 7) is 4.72. The summed E-state index contributed by atoms with van der Waals surface area (Å²) in [5.74, 6) is 0.883. The molecule has 0 heterocycles. The molecule has 2 rings (SSSR count). The largest absolute Gasteiger partial charge is 0.495 e. The van der Waals surface area contributed by atoms with E-state index in [0.717, 1.165) is 15.9 Å². The number of benzene rings is 1. The van der Waals surface area contributed by atoms with Crippen LogP contribution < -0.4 is 10.1 Å². The highest BCUT2D eigenvalue weighted by atomic mass is 79.9. The number of rotatable bonds is 3. The first-order chi connectivity index (χ1) is 8.53. The van der Waals surface area contributed by atoms with Crippen LogP contribution in [0.15, 0.2) is 22.7 Å². The van der Waals surface area contributed by atoms with Gasteiger partial charge in [-0.15, -0.1) is 0 Å². The summed E-state index contributed by atoms with van der Waals surface area (Å²) in [6.07, 6.45) is 5.24. The minimum absolute atomic E-state index is 0.374. The molecule has 1 aliphatic carbocycles. The monoisotopic (exact) mass is 311 g/mol. The van der Waals surface area contributed by atoms with Crippen molar-refractivity contribution in [3.8, 4) is 5.75 Å². The van der Waals surface area contributed by atoms with Crippen molar-refractivity contribution in [1.82, 2.24) is 0 Å². The molecule has 18 heavy (non-hydrogen) atoms. The highest BCUT2D eigenvalue weighted by Crippen LogP contribution is 2.38. The van der Waals surface area contributed by atoms with Crippen LogP contribution in [0, 0.1) is 5.41 Å². The van der Waals surface area contributed by atoms with E-state index >= 15 is 0 Å². The Hall–Kier alpha value is -0.700. The van der Waals surface area contributed by atoms with Gasteiger partial charge in [0, 0.05) is 17.8 Å². The number of ether oxygens (including phenoxy) is 1. The number of methoxy groups -OCH3 is 1. The Morgan fingerprint density at radius 3 is 2.78 bits per heavy atom. The molecule has 2 nitrogen and oxygen atoms in total. The second kappa shape index (κ2) is 5.52. The average Bonchev–Trinajstić information content (AvgIpc) is 2.34. The van der Waals surface area contributed by atoms with Crippen molar-refractivity contribution in [3.05, 3.63) is 22.7 Å². The summed E-state index contributed by atoms with van der Waals surface area (Å²) >= 11 is 3.49. The quantitative estimate of drug-likeness (QED) is 0.862. The summed E-state index contributed by atoms with van der Waals surface area (Å²) in [4.78, 5) is 0. The van der Waals surface area contributed by atoms with Gasteiger partial charge >= 0.3 is 0 Å². The molecule has 0 bridgehead atoms. The lowest BCUT2D eigenvalue weighted by Gasteiger charge is -2.39. The van der Waals surface area contributed by atoms with Crippen LogP contribution in [0.1, 0.15) is 39.5 Å². The van der Waals surface area contributed by atoms with Crippen LogP contribution in [0.3, 0.4) is 0 Å². The predicted octanol–water partition coefficient (Wildman–Crippen LogP) is 4.84. The minimum atomic E-state index is 0.374. The fourth-order valence-corrected chi connectivity index (χ4v) is 3.12. The van der Waals surface area contributed by atoms with Crippen LogP contribution in [0.2, 0.25) is 0 Å². The second-order valence-electron chi connectivity index (χ2n) is 5.78. The fourth-order valence-electron chi connectivity index (χ4n) is 2.71. The Morgan fingerprint density at radius 2 is 2.11 bits per heavy atom. The van der Waals surface area contributed by atoms with Crippen LogP contribution in [-0.2, 0) is 0 Å². The minimum Gasteiger partial charge on any atom is -0.495 e. The SMILES string of the molecule is COc1cc(NC2CCCCC2(C)C)ccc1Br. The van der Waals surface area contributed by atoms with Gasteiger partial charge in [-0.2, -0.15) is 0 Å². The molecule has 100 valence electrons. The number of nitrogens with one attached hydrogen (secondary N) is 1. The first kappa shape index (κ1) is 13.7. The van der Waals surface area contributed by atoms with E-state index < -0.39 is 0 Å². The number of anilines is 1. The summed E-state index contributed by atoms with van der Waals surface area (Å²) in [6, 6.07) is 6.76. The van der Waals surface area contributed by atoms with Gasteiger partial charge in [0.25, 0.3) is 0 Å². The zero-order valence-corrected chi connectivity index (χ0v) is 13.0. The van der Waals surface area contributed by atoms with Gasteiger partial charge in [0.05, 0.1) is 11.6 Å². The molecule has 1 atom stereocenters. The summed E-state index contributed by atoms with van der Waals surface area (Å²) in [5, 5.41) is 3.67. The molecule has 1 aromatic carbocycles. The molecule has 1 aliphatic rings. The maximum atomic E-state index is 5.34. The summed E-state index contributed by atoms with van der Waals surface area (Å²) < 4.78 is 6.34. The zero-order valence-electron chi connectivity index (χ0n) is 11.4.